The third kappa shape index (κ3) is 2.64. The minimum Gasteiger partial charge on any atom is -1.00 e. The average Bonchev–Trinajstić information content (AvgIpc) is 1.77. The van der Waals surface area contributed by atoms with E-state index >= 15 is 0 Å². The molecule has 0 aromatic heterocycles. The van der Waals surface area contributed by atoms with Gasteiger partial charge < -0.3 is 22.7 Å². The Bertz CT molecular complexity index is 169. The number of rotatable bonds is 0. The zero-order valence-electron chi connectivity index (χ0n) is 4.77. The van der Waals surface area contributed by atoms with Gasteiger partial charge in [-0.3, -0.25) is 0 Å². The van der Waals surface area contributed by atoms with Gasteiger partial charge in [0.25, 0.3) is 0 Å². The van der Waals surface area contributed by atoms with Gasteiger partial charge in [-0.25, -0.2) is 0 Å². The van der Waals surface area contributed by atoms with Crippen molar-refractivity contribution >= 4 is 28.3 Å². The Morgan fingerprint density at radius 1 is 1.22 bits per heavy atom. The van der Waals surface area contributed by atoms with Crippen LogP contribution in [-0.2, 0) is 0 Å². The summed E-state index contributed by atoms with van der Waals surface area (Å²) >= 11 is 2.26. The van der Waals surface area contributed by atoms with E-state index in [0.29, 0.717) is 0 Å². The molecule has 9 heavy (non-hydrogen) atoms. The molecule has 0 saturated carbocycles. The fourth-order valence-corrected chi connectivity index (χ4v) is 0.886. The van der Waals surface area contributed by atoms with Crippen molar-refractivity contribution in [3.63, 3.8) is 0 Å². The monoisotopic (exact) mass is 299 g/mol. The van der Waals surface area contributed by atoms with Crippen LogP contribution in [0.25, 0.3) is 0 Å². The second-order valence-corrected chi connectivity index (χ2v) is 2.75. The van der Waals surface area contributed by atoms with E-state index in [0.717, 1.165) is 5.69 Å². The molecule has 0 aliphatic carbocycles. The highest BCUT2D eigenvalue weighted by Crippen LogP contribution is 2.09. The lowest BCUT2D eigenvalue weighted by Crippen LogP contribution is -3.00. The number of hydrogen-bond acceptors (Lipinski definition) is 0. The van der Waals surface area contributed by atoms with E-state index in [1.165, 1.54) is 3.57 Å². The van der Waals surface area contributed by atoms with Crippen LogP contribution in [0.15, 0.2) is 24.3 Å². The van der Waals surface area contributed by atoms with Crippen LogP contribution in [0.1, 0.15) is 0 Å². The lowest BCUT2D eigenvalue weighted by Gasteiger charge is -1.87. The molecule has 50 valence electrons. The van der Waals surface area contributed by atoms with E-state index in [-0.39, 0.29) is 17.0 Å². The Balaban J connectivity index is 0.000000640. The minimum atomic E-state index is 0. The fourth-order valence-electron chi connectivity index (χ4n) is 0.498. The number of quaternary nitrogens is 1. The molecule has 0 unspecified atom stereocenters. The van der Waals surface area contributed by atoms with E-state index in [9.17, 15) is 0 Å². The molecule has 0 aliphatic rings. The van der Waals surface area contributed by atoms with Gasteiger partial charge in [0.05, 0.1) is 3.57 Å². The highest BCUT2D eigenvalue weighted by atomic mass is 127. The van der Waals surface area contributed by atoms with E-state index in [1.54, 1.807) is 0 Å². The molecule has 0 amide bonds. The highest BCUT2D eigenvalue weighted by molar-refractivity contribution is 14.1. The largest absolute Gasteiger partial charge is 1.00 e. The summed E-state index contributed by atoms with van der Waals surface area (Å²) in [5.41, 5.74) is 4.92. The second kappa shape index (κ2) is 4.24. The SMILES string of the molecule is [Br-].[NH3+]c1ccccc1I. The lowest BCUT2D eigenvalue weighted by atomic mass is 10.3. The molecule has 0 fully saturated rings. The van der Waals surface area contributed by atoms with Crippen LogP contribution in [-0.4, -0.2) is 0 Å². The summed E-state index contributed by atoms with van der Waals surface area (Å²) in [6, 6.07) is 8.05. The smallest absolute Gasteiger partial charge is 0.141 e. The molecule has 3 heteroatoms. The van der Waals surface area contributed by atoms with Crippen LogP contribution in [0.5, 0.6) is 0 Å². The quantitative estimate of drug-likeness (QED) is 0.546. The van der Waals surface area contributed by atoms with Crippen molar-refractivity contribution < 1.29 is 22.7 Å². The first-order valence-corrected chi connectivity index (χ1v) is 3.45. The molecule has 0 saturated heterocycles. The molecule has 3 N–H and O–H groups in total. The fraction of sp³-hybridized carbons (Fsp3) is 0. The van der Waals surface area contributed by atoms with E-state index in [1.807, 2.05) is 24.3 Å². The zero-order chi connectivity index (χ0) is 5.98. The summed E-state index contributed by atoms with van der Waals surface area (Å²) in [4.78, 5) is 0. The third-order valence-corrected chi connectivity index (χ3v) is 2.01. The average molecular weight is 300 g/mol. The Morgan fingerprint density at radius 2 is 1.78 bits per heavy atom. The Kier molecular flexibility index (Phi) is 4.43. The molecular weight excluding hydrogens is 293 g/mol. The van der Waals surface area contributed by atoms with E-state index in [2.05, 4.69) is 28.3 Å². The molecule has 0 aliphatic heterocycles. The van der Waals surface area contributed by atoms with Crippen molar-refractivity contribution in [3.05, 3.63) is 27.8 Å². The van der Waals surface area contributed by atoms with Gasteiger partial charge in [-0.15, -0.1) is 0 Å². The molecule has 1 rings (SSSR count). The van der Waals surface area contributed by atoms with Crippen molar-refractivity contribution in [3.8, 4) is 0 Å². The molecule has 0 heterocycles. The van der Waals surface area contributed by atoms with Crippen LogP contribution < -0.4 is 22.7 Å². The standard InChI is InChI=1S/C6H6IN.BrH/c7-5-3-1-2-4-6(5)8;/h1-4H,8H2;1H. The van der Waals surface area contributed by atoms with Gasteiger partial charge in [0, 0.05) is 6.07 Å². The van der Waals surface area contributed by atoms with E-state index in [4.69, 9.17) is 0 Å². The second-order valence-electron chi connectivity index (χ2n) is 1.59. The van der Waals surface area contributed by atoms with Crippen LogP contribution in [0.2, 0.25) is 0 Å². The Morgan fingerprint density at radius 3 is 2.11 bits per heavy atom. The first-order chi connectivity index (χ1) is 3.80. The summed E-state index contributed by atoms with van der Waals surface area (Å²) in [6.07, 6.45) is 0. The van der Waals surface area contributed by atoms with Crippen molar-refractivity contribution in [2.45, 2.75) is 0 Å². The summed E-state index contributed by atoms with van der Waals surface area (Å²) in [5, 5.41) is 0. The highest BCUT2D eigenvalue weighted by Gasteiger charge is 1.91. The van der Waals surface area contributed by atoms with Crippen LogP contribution >= 0.6 is 22.6 Å². The van der Waals surface area contributed by atoms with Gasteiger partial charge in [-0.2, -0.15) is 0 Å². The van der Waals surface area contributed by atoms with Gasteiger partial charge in [0.2, 0.25) is 0 Å². The van der Waals surface area contributed by atoms with Gasteiger partial charge >= 0.3 is 0 Å². The first kappa shape index (κ1) is 9.39. The zero-order valence-corrected chi connectivity index (χ0v) is 8.52. The lowest BCUT2D eigenvalue weighted by molar-refractivity contribution is -0.256. The normalized spacial score (nSPS) is 8.22. The summed E-state index contributed by atoms with van der Waals surface area (Å²) in [7, 11) is 0. The number of benzene rings is 1. The van der Waals surface area contributed by atoms with Crippen LogP contribution in [0.3, 0.4) is 0 Å². The Labute approximate surface area is 78.5 Å². The van der Waals surface area contributed by atoms with Crippen molar-refractivity contribution in [2.24, 2.45) is 0 Å². The topological polar surface area (TPSA) is 27.6 Å². The molecule has 0 atom stereocenters. The summed E-state index contributed by atoms with van der Waals surface area (Å²) < 4.78 is 1.23. The van der Waals surface area contributed by atoms with Gasteiger partial charge in [0.15, 0.2) is 0 Å². The first-order valence-electron chi connectivity index (χ1n) is 2.37. The van der Waals surface area contributed by atoms with Crippen molar-refractivity contribution in [1.82, 2.24) is 0 Å². The predicted octanol–water partition coefficient (Wildman–Crippen LogP) is -1.83. The van der Waals surface area contributed by atoms with Crippen LogP contribution in [0.4, 0.5) is 5.69 Å². The maximum atomic E-state index is 3.81. The minimum absolute atomic E-state index is 0. The molecule has 1 aromatic carbocycles. The molecule has 0 spiro atoms. The van der Waals surface area contributed by atoms with Crippen LogP contribution in [0, 0.1) is 3.57 Å². The van der Waals surface area contributed by atoms with Crippen molar-refractivity contribution in [2.75, 3.05) is 0 Å². The summed E-state index contributed by atoms with van der Waals surface area (Å²) in [5.74, 6) is 0. The maximum Gasteiger partial charge on any atom is 0.141 e. The molecule has 0 bridgehead atoms. The predicted molar refractivity (Wildman–Crippen MR) is 41.7 cm³/mol. The van der Waals surface area contributed by atoms with Gasteiger partial charge in [-0.1, -0.05) is 12.1 Å². The van der Waals surface area contributed by atoms with Gasteiger partial charge in [-0.05, 0) is 28.7 Å². The Hall–Kier alpha value is 0.390. The van der Waals surface area contributed by atoms with Crippen molar-refractivity contribution in [1.29, 1.82) is 0 Å². The van der Waals surface area contributed by atoms with E-state index < -0.39 is 0 Å². The molecule has 1 nitrogen and oxygen atoms in total. The molecule has 0 radical (unpaired) electrons. The summed E-state index contributed by atoms with van der Waals surface area (Å²) in [6.45, 7) is 0. The third-order valence-electron chi connectivity index (χ3n) is 0.958. The van der Waals surface area contributed by atoms with Gasteiger partial charge in [0.1, 0.15) is 5.69 Å². The maximum absolute atomic E-state index is 3.81. The molecule has 1 aromatic rings. The molecular formula is C6H7BrIN. The number of halogens is 2. The number of hydrogen-bond donors (Lipinski definition) is 1.